The summed E-state index contributed by atoms with van der Waals surface area (Å²) in [6.45, 7) is 3.63. The SMILES string of the molecule is Cc1nc2c(c(=O)n1Cc1ccc(Cl)cc1)c1nc3ccccc3nc1n2C[C@H]1CCCO1. The summed E-state index contributed by atoms with van der Waals surface area (Å²) in [6, 6.07) is 15.2. The molecule has 0 saturated carbocycles. The van der Waals surface area contributed by atoms with E-state index in [0.29, 0.717) is 46.1 Å². The maximum absolute atomic E-state index is 13.8. The molecule has 2 aromatic carbocycles. The third-order valence-electron chi connectivity index (χ3n) is 6.31. The van der Waals surface area contributed by atoms with Crippen molar-refractivity contribution in [3.63, 3.8) is 0 Å². The summed E-state index contributed by atoms with van der Waals surface area (Å²) in [5.74, 6) is 0.642. The predicted molar refractivity (Wildman–Crippen MR) is 129 cm³/mol. The zero-order chi connectivity index (χ0) is 22.5. The monoisotopic (exact) mass is 459 g/mol. The van der Waals surface area contributed by atoms with Gasteiger partial charge in [-0.25, -0.2) is 15.0 Å². The van der Waals surface area contributed by atoms with E-state index >= 15 is 0 Å². The summed E-state index contributed by atoms with van der Waals surface area (Å²) in [4.78, 5) is 28.4. The first kappa shape index (κ1) is 20.3. The van der Waals surface area contributed by atoms with Crippen LogP contribution in [0.15, 0.2) is 53.3 Å². The van der Waals surface area contributed by atoms with Crippen molar-refractivity contribution in [2.45, 2.75) is 39.0 Å². The Balaban J connectivity index is 1.61. The minimum Gasteiger partial charge on any atom is -0.376 e. The van der Waals surface area contributed by atoms with Crippen LogP contribution in [0.25, 0.3) is 33.2 Å². The van der Waals surface area contributed by atoms with Gasteiger partial charge in [-0.1, -0.05) is 35.9 Å². The van der Waals surface area contributed by atoms with E-state index in [1.807, 2.05) is 60.0 Å². The first-order valence-corrected chi connectivity index (χ1v) is 11.5. The molecule has 1 aliphatic heterocycles. The van der Waals surface area contributed by atoms with Crippen LogP contribution in [0, 0.1) is 6.92 Å². The second-order valence-electron chi connectivity index (χ2n) is 8.51. The largest absolute Gasteiger partial charge is 0.376 e. The average molecular weight is 460 g/mol. The molecule has 3 aromatic heterocycles. The van der Waals surface area contributed by atoms with Crippen molar-refractivity contribution in [2.75, 3.05) is 6.61 Å². The number of para-hydroxylation sites is 2. The molecule has 1 fully saturated rings. The molecular formula is C25H22ClN5O2. The van der Waals surface area contributed by atoms with Crippen molar-refractivity contribution < 1.29 is 4.74 Å². The molecule has 7 nitrogen and oxygen atoms in total. The van der Waals surface area contributed by atoms with E-state index in [1.54, 1.807) is 4.57 Å². The van der Waals surface area contributed by atoms with Gasteiger partial charge in [0.1, 0.15) is 16.7 Å². The average Bonchev–Trinajstić information content (AvgIpc) is 3.43. The maximum atomic E-state index is 13.8. The van der Waals surface area contributed by atoms with Crippen LogP contribution in [0.1, 0.15) is 24.2 Å². The molecule has 4 heterocycles. The summed E-state index contributed by atoms with van der Waals surface area (Å²) in [5.41, 5.74) is 4.28. The van der Waals surface area contributed by atoms with E-state index in [9.17, 15) is 4.79 Å². The van der Waals surface area contributed by atoms with Crippen LogP contribution in [0.5, 0.6) is 0 Å². The van der Waals surface area contributed by atoms with E-state index in [1.165, 1.54) is 0 Å². The fraction of sp³-hybridized carbons (Fsp3) is 0.280. The fourth-order valence-electron chi connectivity index (χ4n) is 4.62. The van der Waals surface area contributed by atoms with Gasteiger partial charge in [-0.2, -0.15) is 0 Å². The number of benzene rings is 2. The van der Waals surface area contributed by atoms with Gasteiger partial charge < -0.3 is 9.30 Å². The normalized spacial score (nSPS) is 16.4. The highest BCUT2D eigenvalue weighted by Gasteiger charge is 2.24. The van der Waals surface area contributed by atoms with Crippen LogP contribution in [0.2, 0.25) is 5.02 Å². The van der Waals surface area contributed by atoms with Crippen LogP contribution >= 0.6 is 11.6 Å². The number of hydrogen-bond acceptors (Lipinski definition) is 5. The number of hydrogen-bond donors (Lipinski definition) is 0. The van der Waals surface area contributed by atoms with Crippen molar-refractivity contribution in [2.24, 2.45) is 0 Å². The van der Waals surface area contributed by atoms with Gasteiger partial charge in [-0.05, 0) is 49.6 Å². The fourth-order valence-corrected chi connectivity index (χ4v) is 4.75. The van der Waals surface area contributed by atoms with Gasteiger partial charge in [0.05, 0.1) is 30.2 Å². The van der Waals surface area contributed by atoms with Crippen molar-refractivity contribution in [3.8, 4) is 0 Å². The molecule has 0 aliphatic carbocycles. The first-order chi connectivity index (χ1) is 16.1. The highest BCUT2D eigenvalue weighted by atomic mass is 35.5. The third-order valence-corrected chi connectivity index (χ3v) is 6.56. The van der Waals surface area contributed by atoms with Crippen molar-refractivity contribution >= 4 is 44.8 Å². The second-order valence-corrected chi connectivity index (χ2v) is 8.94. The molecule has 0 amide bonds. The molecule has 0 spiro atoms. The summed E-state index contributed by atoms with van der Waals surface area (Å²) in [6.07, 6.45) is 2.10. The molecule has 1 saturated heterocycles. The topological polar surface area (TPSA) is 74.8 Å². The number of nitrogens with zero attached hydrogens (tertiary/aromatic N) is 5. The van der Waals surface area contributed by atoms with Gasteiger partial charge in [-0.3, -0.25) is 9.36 Å². The van der Waals surface area contributed by atoms with Crippen LogP contribution in [0.3, 0.4) is 0 Å². The van der Waals surface area contributed by atoms with E-state index in [4.69, 9.17) is 31.3 Å². The molecule has 1 aliphatic rings. The van der Waals surface area contributed by atoms with E-state index < -0.39 is 0 Å². The molecular weight excluding hydrogens is 438 g/mol. The Morgan fingerprint density at radius 1 is 1.00 bits per heavy atom. The third kappa shape index (κ3) is 3.48. The minimum atomic E-state index is -0.117. The molecule has 33 heavy (non-hydrogen) atoms. The molecule has 0 N–H and O–H groups in total. The van der Waals surface area contributed by atoms with Gasteiger partial charge in [0, 0.05) is 11.6 Å². The molecule has 0 unspecified atom stereocenters. The van der Waals surface area contributed by atoms with Gasteiger partial charge in [0.25, 0.3) is 5.56 Å². The van der Waals surface area contributed by atoms with Gasteiger partial charge >= 0.3 is 0 Å². The lowest BCUT2D eigenvalue weighted by atomic mass is 10.2. The first-order valence-electron chi connectivity index (χ1n) is 11.1. The summed E-state index contributed by atoms with van der Waals surface area (Å²) < 4.78 is 9.60. The van der Waals surface area contributed by atoms with Gasteiger partial charge in [0.2, 0.25) is 0 Å². The van der Waals surface area contributed by atoms with Crippen LogP contribution in [-0.2, 0) is 17.8 Å². The number of halogens is 1. The lowest BCUT2D eigenvalue weighted by Crippen LogP contribution is -2.25. The molecule has 0 bridgehead atoms. The predicted octanol–water partition coefficient (Wildman–Crippen LogP) is 4.48. The van der Waals surface area contributed by atoms with Gasteiger partial charge in [0.15, 0.2) is 11.3 Å². The summed E-state index contributed by atoms with van der Waals surface area (Å²) in [7, 11) is 0. The Morgan fingerprint density at radius 2 is 1.76 bits per heavy atom. The van der Waals surface area contributed by atoms with E-state index in [0.717, 1.165) is 36.0 Å². The van der Waals surface area contributed by atoms with Crippen molar-refractivity contribution in [3.05, 3.63) is 75.3 Å². The Morgan fingerprint density at radius 3 is 2.48 bits per heavy atom. The van der Waals surface area contributed by atoms with E-state index in [-0.39, 0.29) is 11.7 Å². The molecule has 5 aromatic rings. The second kappa shape index (κ2) is 7.93. The van der Waals surface area contributed by atoms with Crippen LogP contribution in [-0.4, -0.2) is 36.8 Å². The Hall–Kier alpha value is -3.29. The smallest absolute Gasteiger partial charge is 0.265 e. The molecule has 8 heteroatoms. The standard InChI is InChI=1S/C25H22ClN5O2/c1-15-27-23-21(25(32)30(15)13-16-8-10-17(26)11-9-16)22-24(31(23)14-18-5-4-12-33-18)29-20-7-3-2-6-19(20)28-22/h2-3,6-11,18H,4-5,12-14H2,1H3/t18-/m1/s1. The highest BCUT2D eigenvalue weighted by Crippen LogP contribution is 2.27. The Labute approximate surface area is 194 Å². The minimum absolute atomic E-state index is 0.0793. The zero-order valence-corrected chi connectivity index (χ0v) is 18.9. The lowest BCUT2D eigenvalue weighted by molar-refractivity contribution is 0.0987. The number of rotatable bonds is 4. The van der Waals surface area contributed by atoms with Crippen LogP contribution < -0.4 is 5.56 Å². The summed E-state index contributed by atoms with van der Waals surface area (Å²) >= 11 is 6.03. The molecule has 166 valence electrons. The van der Waals surface area contributed by atoms with Gasteiger partial charge in [-0.15, -0.1) is 0 Å². The number of aromatic nitrogens is 5. The zero-order valence-electron chi connectivity index (χ0n) is 18.2. The highest BCUT2D eigenvalue weighted by molar-refractivity contribution is 6.30. The van der Waals surface area contributed by atoms with E-state index in [2.05, 4.69) is 0 Å². The van der Waals surface area contributed by atoms with Crippen LogP contribution in [0.4, 0.5) is 0 Å². The van der Waals surface area contributed by atoms with Crippen molar-refractivity contribution in [1.82, 2.24) is 24.1 Å². The quantitative estimate of drug-likeness (QED) is 0.396. The molecule has 1 atom stereocenters. The molecule has 0 radical (unpaired) electrons. The Kier molecular flexibility index (Phi) is 4.89. The number of ether oxygens (including phenoxy) is 1. The Bertz CT molecular complexity index is 1570. The number of fused-ring (bicyclic) bond motifs is 4. The maximum Gasteiger partial charge on any atom is 0.265 e. The van der Waals surface area contributed by atoms with Crippen molar-refractivity contribution in [1.29, 1.82) is 0 Å². The summed E-state index contributed by atoms with van der Waals surface area (Å²) in [5, 5.41) is 1.16. The molecule has 6 rings (SSSR count). The lowest BCUT2D eigenvalue weighted by Gasteiger charge is -2.13. The number of aryl methyl sites for hydroxylation is 1.